The molecule has 0 spiro atoms. The molecule has 0 aliphatic heterocycles. The summed E-state index contributed by atoms with van der Waals surface area (Å²) in [7, 11) is 0. The molecule has 76 valence electrons. The maximum absolute atomic E-state index is 13.1. The van der Waals surface area contributed by atoms with Gasteiger partial charge in [0.2, 0.25) is 0 Å². The maximum atomic E-state index is 13.1. The monoisotopic (exact) mass is 205 g/mol. The molecule has 0 aromatic heterocycles. The van der Waals surface area contributed by atoms with Crippen molar-refractivity contribution in [2.75, 3.05) is 0 Å². The predicted molar refractivity (Wildman–Crippen MR) is 41.5 cm³/mol. The molecule has 1 aliphatic carbocycles. The Hall–Kier alpha value is -1.10. The molecule has 0 radical (unpaired) electrons. The summed E-state index contributed by atoms with van der Waals surface area (Å²) >= 11 is 0. The van der Waals surface area contributed by atoms with Gasteiger partial charge in [-0.1, -0.05) is 0 Å². The van der Waals surface area contributed by atoms with E-state index in [0.717, 1.165) is 0 Å². The topological polar surface area (TPSA) is 26.0 Å². The molecule has 0 saturated heterocycles. The molecule has 1 aliphatic rings. The third-order valence-corrected chi connectivity index (χ3v) is 2.48. The van der Waals surface area contributed by atoms with Crippen molar-refractivity contribution in [1.82, 2.24) is 0 Å². The molecule has 1 aromatic carbocycles. The van der Waals surface area contributed by atoms with Crippen LogP contribution in [0.4, 0.5) is 17.6 Å². The molecule has 5 heteroatoms. The van der Waals surface area contributed by atoms with E-state index in [4.69, 9.17) is 5.73 Å². The first-order valence-electron chi connectivity index (χ1n) is 4.14. The standard InChI is InChI=1S/C9H7F4N/c10-6-3-1-2-4(14)5(3)7(11)9(13)8(6)12/h4H,1-2,14H2. The zero-order valence-electron chi connectivity index (χ0n) is 7.08. The zero-order chi connectivity index (χ0) is 10.5. The van der Waals surface area contributed by atoms with Gasteiger partial charge in [-0.15, -0.1) is 0 Å². The Morgan fingerprint density at radius 3 is 2.14 bits per heavy atom. The third-order valence-electron chi connectivity index (χ3n) is 2.48. The van der Waals surface area contributed by atoms with Crippen LogP contribution in [0.1, 0.15) is 23.6 Å². The SMILES string of the molecule is NC1CCc2c(F)c(F)c(F)c(F)c21. The summed E-state index contributed by atoms with van der Waals surface area (Å²) in [5.74, 6) is -6.20. The average Bonchev–Trinajstić information content (AvgIpc) is 2.54. The van der Waals surface area contributed by atoms with Crippen LogP contribution < -0.4 is 5.73 Å². The van der Waals surface area contributed by atoms with Crippen molar-refractivity contribution in [3.8, 4) is 0 Å². The Balaban J connectivity index is 2.77. The Labute approximate surface area is 77.5 Å². The Kier molecular flexibility index (Phi) is 1.99. The highest BCUT2D eigenvalue weighted by Gasteiger charge is 2.32. The molecule has 14 heavy (non-hydrogen) atoms. The van der Waals surface area contributed by atoms with Gasteiger partial charge in [0.25, 0.3) is 0 Å². The van der Waals surface area contributed by atoms with E-state index in [2.05, 4.69) is 0 Å². The lowest BCUT2D eigenvalue weighted by Gasteiger charge is -2.08. The molecule has 2 rings (SSSR count). The van der Waals surface area contributed by atoms with Crippen LogP contribution in [0.15, 0.2) is 0 Å². The van der Waals surface area contributed by atoms with Gasteiger partial charge in [0.15, 0.2) is 23.3 Å². The van der Waals surface area contributed by atoms with E-state index in [1.165, 1.54) is 0 Å². The van der Waals surface area contributed by atoms with Crippen molar-refractivity contribution >= 4 is 0 Å². The fourth-order valence-corrected chi connectivity index (χ4v) is 1.77. The second-order valence-electron chi connectivity index (χ2n) is 3.29. The van der Waals surface area contributed by atoms with E-state index in [1.54, 1.807) is 0 Å². The van der Waals surface area contributed by atoms with Crippen LogP contribution >= 0.6 is 0 Å². The first-order chi connectivity index (χ1) is 6.54. The van der Waals surface area contributed by atoms with E-state index >= 15 is 0 Å². The van der Waals surface area contributed by atoms with Gasteiger partial charge in [-0.3, -0.25) is 0 Å². The summed E-state index contributed by atoms with van der Waals surface area (Å²) in [6.07, 6.45) is 0.461. The zero-order valence-corrected chi connectivity index (χ0v) is 7.08. The number of hydrogen-bond acceptors (Lipinski definition) is 1. The number of nitrogens with two attached hydrogens (primary N) is 1. The van der Waals surface area contributed by atoms with Crippen molar-refractivity contribution in [1.29, 1.82) is 0 Å². The normalized spacial score (nSPS) is 19.9. The molecule has 0 bridgehead atoms. The van der Waals surface area contributed by atoms with E-state index in [-0.39, 0.29) is 17.5 Å². The fraction of sp³-hybridized carbons (Fsp3) is 0.333. The van der Waals surface area contributed by atoms with E-state index in [0.29, 0.717) is 6.42 Å². The second-order valence-corrected chi connectivity index (χ2v) is 3.29. The summed E-state index contributed by atoms with van der Waals surface area (Å²) in [5, 5.41) is 0. The second kappa shape index (κ2) is 2.95. The van der Waals surface area contributed by atoms with E-state index < -0.39 is 29.3 Å². The molecule has 1 unspecified atom stereocenters. The highest BCUT2D eigenvalue weighted by Crippen LogP contribution is 2.35. The lowest BCUT2D eigenvalue weighted by Crippen LogP contribution is -2.11. The smallest absolute Gasteiger partial charge is 0.197 e. The lowest BCUT2D eigenvalue weighted by atomic mass is 10.1. The van der Waals surface area contributed by atoms with Crippen molar-refractivity contribution in [3.63, 3.8) is 0 Å². The van der Waals surface area contributed by atoms with E-state index in [9.17, 15) is 17.6 Å². The first kappa shape index (κ1) is 9.45. The molecule has 0 saturated carbocycles. The van der Waals surface area contributed by atoms with Gasteiger partial charge in [-0.25, -0.2) is 17.6 Å². The molecule has 0 heterocycles. The minimum Gasteiger partial charge on any atom is -0.324 e. The third kappa shape index (κ3) is 1.05. The summed E-state index contributed by atoms with van der Waals surface area (Å²) < 4.78 is 51.7. The molecular weight excluding hydrogens is 198 g/mol. The minimum atomic E-state index is -1.78. The predicted octanol–water partition coefficient (Wildman–Crippen LogP) is 2.19. The minimum absolute atomic E-state index is 0.131. The van der Waals surface area contributed by atoms with Crippen LogP contribution in [0.3, 0.4) is 0 Å². The lowest BCUT2D eigenvalue weighted by molar-refractivity contribution is 0.400. The summed E-state index contributed by atoms with van der Waals surface area (Å²) in [6, 6.07) is -0.741. The van der Waals surface area contributed by atoms with E-state index in [1.807, 2.05) is 0 Å². The van der Waals surface area contributed by atoms with Crippen molar-refractivity contribution in [2.45, 2.75) is 18.9 Å². The number of benzene rings is 1. The molecule has 0 fully saturated rings. The fourth-order valence-electron chi connectivity index (χ4n) is 1.77. The van der Waals surface area contributed by atoms with Gasteiger partial charge in [-0.2, -0.15) is 0 Å². The largest absolute Gasteiger partial charge is 0.324 e. The molecule has 0 amide bonds. The average molecular weight is 205 g/mol. The van der Waals surface area contributed by atoms with Gasteiger partial charge in [0.05, 0.1) is 0 Å². The van der Waals surface area contributed by atoms with Gasteiger partial charge in [0.1, 0.15) is 0 Å². The van der Waals surface area contributed by atoms with Crippen LogP contribution in [-0.2, 0) is 6.42 Å². The Bertz CT molecular complexity index is 403. The molecule has 1 atom stereocenters. The Morgan fingerprint density at radius 1 is 0.929 bits per heavy atom. The van der Waals surface area contributed by atoms with Gasteiger partial charge in [-0.05, 0) is 18.4 Å². The number of fused-ring (bicyclic) bond motifs is 1. The van der Waals surface area contributed by atoms with Crippen LogP contribution in [0, 0.1) is 23.3 Å². The maximum Gasteiger partial charge on any atom is 0.197 e. The molecule has 1 aromatic rings. The van der Waals surface area contributed by atoms with Crippen LogP contribution in [0.5, 0.6) is 0 Å². The number of hydrogen-bond donors (Lipinski definition) is 1. The van der Waals surface area contributed by atoms with Gasteiger partial charge in [0, 0.05) is 11.6 Å². The molecule has 1 nitrogen and oxygen atoms in total. The number of rotatable bonds is 0. The van der Waals surface area contributed by atoms with Crippen molar-refractivity contribution in [3.05, 3.63) is 34.4 Å². The summed E-state index contributed by atoms with van der Waals surface area (Å²) in [6.45, 7) is 0. The highest BCUT2D eigenvalue weighted by atomic mass is 19.2. The Morgan fingerprint density at radius 2 is 1.50 bits per heavy atom. The van der Waals surface area contributed by atoms with Crippen LogP contribution in [0.2, 0.25) is 0 Å². The van der Waals surface area contributed by atoms with Crippen LogP contribution in [0.25, 0.3) is 0 Å². The quantitative estimate of drug-likeness (QED) is 0.392. The van der Waals surface area contributed by atoms with Gasteiger partial charge < -0.3 is 5.73 Å². The summed E-state index contributed by atoms with van der Waals surface area (Å²) in [5.41, 5.74) is 5.09. The van der Waals surface area contributed by atoms with Gasteiger partial charge >= 0.3 is 0 Å². The molecular formula is C9H7F4N. The van der Waals surface area contributed by atoms with Crippen LogP contribution in [-0.4, -0.2) is 0 Å². The van der Waals surface area contributed by atoms with Crippen molar-refractivity contribution < 1.29 is 17.6 Å². The number of halogens is 4. The van der Waals surface area contributed by atoms with Crippen molar-refractivity contribution in [2.24, 2.45) is 5.73 Å². The first-order valence-corrected chi connectivity index (χ1v) is 4.14. The highest BCUT2D eigenvalue weighted by molar-refractivity contribution is 5.38. The molecule has 2 N–H and O–H groups in total. The summed E-state index contributed by atoms with van der Waals surface area (Å²) in [4.78, 5) is 0.